The standard InChI is InChI=1S/C26H40N4O3S/c1-4-33-23(31)8-6-5-7-12-27-24(32)30-15-11-26(19-30)9-13-29(14-10-26)25(34)28-22-17-20(2)16-21(3)18-22/h16-18H,4-15,19H2,1-3H3,(H,27,32)(H,28,34). The molecule has 2 heterocycles. The maximum Gasteiger partial charge on any atom is 0.317 e. The number of thiocarbonyl (C=S) groups is 1. The normalized spacial score (nSPS) is 17.0. The Balaban J connectivity index is 1.35. The second-order valence-electron chi connectivity index (χ2n) is 9.81. The van der Waals surface area contributed by atoms with E-state index in [-0.39, 0.29) is 17.4 Å². The van der Waals surface area contributed by atoms with Crippen LogP contribution in [0.4, 0.5) is 10.5 Å². The molecular formula is C26H40N4O3S. The molecule has 2 aliphatic rings. The fourth-order valence-electron chi connectivity index (χ4n) is 5.06. The largest absolute Gasteiger partial charge is 0.466 e. The Morgan fingerprint density at radius 1 is 1.00 bits per heavy atom. The first-order chi connectivity index (χ1) is 16.3. The highest BCUT2D eigenvalue weighted by atomic mass is 32.1. The highest BCUT2D eigenvalue weighted by molar-refractivity contribution is 7.80. The van der Waals surface area contributed by atoms with E-state index in [1.807, 2.05) is 11.8 Å². The second kappa shape index (κ2) is 12.4. The van der Waals surface area contributed by atoms with Crippen LogP contribution in [-0.4, -0.2) is 66.2 Å². The first-order valence-corrected chi connectivity index (χ1v) is 13.0. The number of unbranched alkanes of at least 4 members (excludes halogenated alkanes) is 2. The number of piperidine rings is 1. The van der Waals surface area contributed by atoms with Crippen LogP contribution < -0.4 is 10.6 Å². The SMILES string of the molecule is CCOC(=O)CCCCCNC(=O)N1CCC2(CCN(C(=S)Nc3cc(C)cc(C)c3)CC2)C1. The number of urea groups is 1. The molecule has 0 radical (unpaired) electrons. The fourth-order valence-corrected chi connectivity index (χ4v) is 5.36. The summed E-state index contributed by atoms with van der Waals surface area (Å²) in [5.41, 5.74) is 3.71. The fraction of sp³-hybridized carbons (Fsp3) is 0.654. The molecule has 188 valence electrons. The van der Waals surface area contributed by atoms with Crippen LogP contribution in [-0.2, 0) is 9.53 Å². The first kappa shape index (κ1) is 26.3. The molecule has 2 saturated heterocycles. The molecule has 1 aromatic carbocycles. The summed E-state index contributed by atoms with van der Waals surface area (Å²) in [5, 5.41) is 7.25. The summed E-state index contributed by atoms with van der Waals surface area (Å²) in [5.74, 6) is -0.137. The third-order valence-corrected chi connectivity index (χ3v) is 7.31. The summed E-state index contributed by atoms with van der Waals surface area (Å²) in [6.07, 6.45) is 6.22. The number of aryl methyl sites for hydroxylation is 2. The number of benzene rings is 1. The third kappa shape index (κ3) is 7.58. The van der Waals surface area contributed by atoms with Gasteiger partial charge in [0.2, 0.25) is 0 Å². The Kier molecular flexibility index (Phi) is 9.56. The van der Waals surface area contributed by atoms with Gasteiger partial charge >= 0.3 is 12.0 Å². The van der Waals surface area contributed by atoms with Crippen LogP contribution in [0.2, 0.25) is 0 Å². The predicted octanol–water partition coefficient (Wildman–Crippen LogP) is 4.62. The molecule has 1 aromatic rings. The summed E-state index contributed by atoms with van der Waals surface area (Å²) in [7, 11) is 0. The number of nitrogens with zero attached hydrogens (tertiary/aromatic N) is 2. The number of esters is 1. The molecule has 2 fully saturated rings. The average molecular weight is 489 g/mol. The van der Waals surface area contributed by atoms with Crippen LogP contribution in [0.5, 0.6) is 0 Å². The van der Waals surface area contributed by atoms with Crippen molar-refractivity contribution in [2.45, 2.75) is 65.7 Å². The van der Waals surface area contributed by atoms with Crippen molar-refractivity contribution in [3.8, 4) is 0 Å². The molecule has 0 aromatic heterocycles. The van der Waals surface area contributed by atoms with E-state index in [4.69, 9.17) is 17.0 Å². The van der Waals surface area contributed by atoms with Crippen LogP contribution in [0.15, 0.2) is 18.2 Å². The maximum absolute atomic E-state index is 12.6. The summed E-state index contributed by atoms with van der Waals surface area (Å²) >= 11 is 5.69. The maximum atomic E-state index is 12.6. The molecule has 3 rings (SSSR count). The minimum absolute atomic E-state index is 0.0386. The number of rotatable bonds is 8. The summed E-state index contributed by atoms with van der Waals surface area (Å²) in [6, 6.07) is 6.45. The van der Waals surface area contributed by atoms with Gasteiger partial charge in [0.1, 0.15) is 0 Å². The molecule has 0 aliphatic carbocycles. The quantitative estimate of drug-likeness (QED) is 0.316. The van der Waals surface area contributed by atoms with Crippen molar-refractivity contribution in [3.63, 3.8) is 0 Å². The lowest BCUT2D eigenvalue weighted by molar-refractivity contribution is -0.143. The van der Waals surface area contributed by atoms with Crippen molar-refractivity contribution >= 4 is 35.0 Å². The average Bonchev–Trinajstić information content (AvgIpc) is 3.19. The van der Waals surface area contributed by atoms with Gasteiger partial charge in [0.05, 0.1) is 6.61 Å². The van der Waals surface area contributed by atoms with Crippen LogP contribution in [0.3, 0.4) is 0 Å². The summed E-state index contributed by atoms with van der Waals surface area (Å²) in [4.78, 5) is 28.2. The first-order valence-electron chi connectivity index (χ1n) is 12.6. The van der Waals surface area contributed by atoms with Crippen LogP contribution in [0.1, 0.15) is 63.0 Å². The zero-order valence-corrected chi connectivity index (χ0v) is 21.8. The third-order valence-electron chi connectivity index (χ3n) is 6.95. The highest BCUT2D eigenvalue weighted by Gasteiger charge is 2.42. The van der Waals surface area contributed by atoms with Crippen molar-refractivity contribution in [1.82, 2.24) is 15.1 Å². The molecule has 0 saturated carbocycles. The van der Waals surface area contributed by atoms with Gasteiger partial charge < -0.3 is 25.2 Å². The molecule has 1 spiro atoms. The van der Waals surface area contributed by atoms with E-state index in [9.17, 15) is 9.59 Å². The van der Waals surface area contributed by atoms with Gasteiger partial charge in [0.25, 0.3) is 0 Å². The number of ether oxygens (including phenoxy) is 1. The number of nitrogens with one attached hydrogen (secondary N) is 2. The number of carbonyl (C=O) groups is 2. The number of carbonyl (C=O) groups excluding carboxylic acids is 2. The lowest BCUT2D eigenvalue weighted by atomic mass is 9.78. The number of amides is 2. The minimum atomic E-state index is -0.137. The Labute approximate surface area is 209 Å². The van der Waals surface area contributed by atoms with Gasteiger partial charge in [-0.1, -0.05) is 12.5 Å². The van der Waals surface area contributed by atoms with Crippen LogP contribution in [0, 0.1) is 19.3 Å². The van der Waals surface area contributed by atoms with Gasteiger partial charge in [0.15, 0.2) is 5.11 Å². The summed E-state index contributed by atoms with van der Waals surface area (Å²) in [6.45, 7) is 10.6. The van der Waals surface area contributed by atoms with Gasteiger partial charge in [-0.15, -0.1) is 0 Å². The van der Waals surface area contributed by atoms with E-state index >= 15 is 0 Å². The van der Waals surface area contributed by atoms with Crippen molar-refractivity contribution in [3.05, 3.63) is 29.3 Å². The van der Waals surface area contributed by atoms with Gasteiger partial charge in [-0.2, -0.15) is 0 Å². The minimum Gasteiger partial charge on any atom is -0.466 e. The number of hydrogen-bond donors (Lipinski definition) is 2. The molecule has 7 nitrogen and oxygen atoms in total. The van der Waals surface area contributed by atoms with E-state index in [1.165, 1.54) is 11.1 Å². The van der Waals surface area contributed by atoms with Crippen molar-refractivity contribution in [2.75, 3.05) is 44.6 Å². The second-order valence-corrected chi connectivity index (χ2v) is 10.2. The Morgan fingerprint density at radius 2 is 1.65 bits per heavy atom. The Morgan fingerprint density at radius 3 is 2.29 bits per heavy atom. The van der Waals surface area contributed by atoms with Crippen LogP contribution in [0.25, 0.3) is 0 Å². The zero-order valence-electron chi connectivity index (χ0n) is 21.0. The van der Waals surface area contributed by atoms with E-state index in [1.54, 1.807) is 0 Å². The summed E-state index contributed by atoms with van der Waals surface area (Å²) < 4.78 is 4.93. The van der Waals surface area contributed by atoms with Gasteiger partial charge in [-0.3, -0.25) is 4.79 Å². The van der Waals surface area contributed by atoms with E-state index < -0.39 is 0 Å². The predicted molar refractivity (Wildman–Crippen MR) is 140 cm³/mol. The van der Waals surface area contributed by atoms with Gasteiger partial charge in [-0.25, -0.2) is 4.79 Å². The van der Waals surface area contributed by atoms with Crippen LogP contribution >= 0.6 is 12.2 Å². The number of anilines is 1. The van der Waals surface area contributed by atoms with E-state index in [0.717, 1.165) is 75.5 Å². The Bertz CT molecular complexity index is 847. The smallest absolute Gasteiger partial charge is 0.317 e. The number of likely N-dealkylation sites (tertiary alicyclic amines) is 2. The molecule has 2 amide bonds. The molecule has 0 unspecified atom stereocenters. The van der Waals surface area contributed by atoms with Crippen molar-refractivity contribution < 1.29 is 14.3 Å². The van der Waals surface area contributed by atoms with E-state index in [2.05, 4.69) is 47.6 Å². The molecular weight excluding hydrogens is 448 g/mol. The lowest BCUT2D eigenvalue weighted by Gasteiger charge is -2.40. The lowest BCUT2D eigenvalue weighted by Crippen LogP contribution is -2.47. The van der Waals surface area contributed by atoms with Crippen molar-refractivity contribution in [1.29, 1.82) is 0 Å². The zero-order chi connectivity index (χ0) is 24.6. The van der Waals surface area contributed by atoms with Gasteiger partial charge in [-0.05, 0) is 93.8 Å². The number of hydrogen-bond acceptors (Lipinski definition) is 4. The molecule has 8 heteroatoms. The Hall–Kier alpha value is -2.35. The molecule has 2 N–H and O–H groups in total. The molecule has 34 heavy (non-hydrogen) atoms. The monoisotopic (exact) mass is 488 g/mol. The highest BCUT2D eigenvalue weighted by Crippen LogP contribution is 2.40. The molecule has 0 atom stereocenters. The van der Waals surface area contributed by atoms with Crippen molar-refractivity contribution in [2.24, 2.45) is 5.41 Å². The van der Waals surface area contributed by atoms with E-state index in [0.29, 0.717) is 19.6 Å². The molecule has 2 aliphatic heterocycles. The van der Waals surface area contributed by atoms with Gasteiger partial charge in [0, 0.05) is 44.8 Å². The molecule has 0 bridgehead atoms. The topological polar surface area (TPSA) is 73.9 Å².